The summed E-state index contributed by atoms with van der Waals surface area (Å²) in [4.78, 5) is 0. The van der Waals surface area contributed by atoms with E-state index in [1.54, 1.807) is 0 Å². The average molecular weight is 261 g/mol. The monoisotopic (exact) mass is 261 g/mol. The highest BCUT2D eigenvalue weighted by atomic mass is 16.3. The second-order valence-corrected chi connectivity index (χ2v) is 6.36. The maximum absolute atomic E-state index is 10.9. The van der Waals surface area contributed by atoms with E-state index < -0.39 is 0 Å². The first-order valence-electron chi connectivity index (χ1n) is 7.52. The summed E-state index contributed by atoms with van der Waals surface area (Å²) < 4.78 is 0. The molecule has 1 fully saturated rings. The summed E-state index contributed by atoms with van der Waals surface area (Å²) in [6.07, 6.45) is 5.68. The van der Waals surface area contributed by atoms with E-state index in [4.69, 9.17) is 5.73 Å². The summed E-state index contributed by atoms with van der Waals surface area (Å²) in [5, 5.41) is 10.9. The Bertz CT molecular complexity index is 409. The van der Waals surface area contributed by atoms with Crippen LogP contribution in [0.3, 0.4) is 0 Å². The molecule has 0 spiro atoms. The predicted octanol–water partition coefficient (Wildman–Crippen LogP) is 3.37. The van der Waals surface area contributed by atoms with E-state index in [0.717, 1.165) is 12.8 Å². The molecule has 1 saturated carbocycles. The number of benzene rings is 1. The first kappa shape index (κ1) is 14.5. The second-order valence-electron chi connectivity index (χ2n) is 6.36. The molecule has 0 amide bonds. The Kier molecular flexibility index (Phi) is 4.64. The molecule has 2 atom stereocenters. The van der Waals surface area contributed by atoms with Gasteiger partial charge < -0.3 is 10.8 Å². The van der Waals surface area contributed by atoms with E-state index in [2.05, 4.69) is 26.0 Å². The van der Waals surface area contributed by atoms with Crippen molar-refractivity contribution in [1.82, 2.24) is 0 Å². The Morgan fingerprint density at radius 2 is 1.84 bits per heavy atom. The Labute approximate surface area is 117 Å². The maximum Gasteiger partial charge on any atom is 0.0674 e. The number of nitrogens with two attached hydrogens (primary N) is 1. The van der Waals surface area contributed by atoms with Crippen LogP contribution in [-0.4, -0.2) is 17.8 Å². The first-order chi connectivity index (χ1) is 9.08. The highest BCUT2D eigenvalue weighted by Gasteiger charge is 2.39. The Hall–Kier alpha value is -0.860. The fourth-order valence-corrected chi connectivity index (χ4v) is 3.57. The number of hydrogen-bond acceptors (Lipinski definition) is 2. The molecule has 2 heteroatoms. The van der Waals surface area contributed by atoms with Gasteiger partial charge in [-0.05, 0) is 36.3 Å². The molecule has 1 aliphatic carbocycles. The van der Waals surface area contributed by atoms with Crippen molar-refractivity contribution in [3.05, 3.63) is 35.4 Å². The lowest BCUT2D eigenvalue weighted by atomic mass is 9.67. The highest BCUT2D eigenvalue weighted by molar-refractivity contribution is 5.30. The zero-order chi connectivity index (χ0) is 13.9. The Balaban J connectivity index is 2.24. The van der Waals surface area contributed by atoms with Crippen LogP contribution >= 0.6 is 0 Å². The van der Waals surface area contributed by atoms with E-state index >= 15 is 0 Å². The smallest absolute Gasteiger partial charge is 0.0674 e. The topological polar surface area (TPSA) is 46.2 Å². The summed E-state index contributed by atoms with van der Waals surface area (Å²) in [5.41, 5.74) is 8.46. The number of hydrogen-bond donors (Lipinski definition) is 2. The lowest BCUT2D eigenvalue weighted by molar-refractivity contribution is -0.00761. The predicted molar refractivity (Wildman–Crippen MR) is 80.2 cm³/mol. The van der Waals surface area contributed by atoms with E-state index in [1.165, 1.54) is 30.4 Å². The summed E-state index contributed by atoms with van der Waals surface area (Å²) in [6, 6.07) is 8.30. The lowest BCUT2D eigenvalue weighted by Crippen LogP contribution is -2.41. The molecule has 0 bridgehead atoms. The van der Waals surface area contributed by atoms with Crippen molar-refractivity contribution in [3.63, 3.8) is 0 Å². The number of aryl methyl sites for hydroxylation is 1. The fourth-order valence-electron chi connectivity index (χ4n) is 3.57. The molecule has 1 aromatic rings. The normalized spacial score (nSPS) is 21.9. The van der Waals surface area contributed by atoms with Crippen LogP contribution in [-0.2, 0) is 0 Å². The van der Waals surface area contributed by atoms with Gasteiger partial charge in [0.05, 0.1) is 6.10 Å². The summed E-state index contributed by atoms with van der Waals surface area (Å²) >= 11 is 0. The highest BCUT2D eigenvalue weighted by Crippen LogP contribution is 2.43. The molecule has 0 aromatic heterocycles. The summed E-state index contributed by atoms with van der Waals surface area (Å²) in [7, 11) is 0. The number of aliphatic hydroxyl groups is 1. The molecule has 3 N–H and O–H groups in total. The standard InChI is InChI=1S/C17H27NO/c1-13-8-4-5-9-14(13)15(12-18)16(19)17(2)10-6-3-7-11-17/h4-5,8-9,15-16,19H,3,6-7,10-12,18H2,1-2H3. The van der Waals surface area contributed by atoms with Crippen LogP contribution in [0.4, 0.5) is 0 Å². The summed E-state index contributed by atoms with van der Waals surface area (Å²) in [5.74, 6) is 0.0595. The maximum atomic E-state index is 10.9. The first-order valence-corrected chi connectivity index (χ1v) is 7.52. The molecule has 19 heavy (non-hydrogen) atoms. The number of aliphatic hydroxyl groups excluding tert-OH is 1. The van der Waals surface area contributed by atoms with Crippen molar-refractivity contribution in [2.24, 2.45) is 11.1 Å². The van der Waals surface area contributed by atoms with Gasteiger partial charge in [-0.1, -0.05) is 50.5 Å². The zero-order valence-electron chi connectivity index (χ0n) is 12.2. The van der Waals surface area contributed by atoms with Gasteiger partial charge >= 0.3 is 0 Å². The fraction of sp³-hybridized carbons (Fsp3) is 0.647. The molecule has 1 aliphatic rings. The molecule has 2 unspecified atom stereocenters. The van der Waals surface area contributed by atoms with E-state index in [0.29, 0.717) is 6.54 Å². The van der Waals surface area contributed by atoms with Crippen molar-refractivity contribution in [1.29, 1.82) is 0 Å². The van der Waals surface area contributed by atoms with Gasteiger partial charge in [0.1, 0.15) is 0 Å². The van der Waals surface area contributed by atoms with Gasteiger partial charge in [-0.3, -0.25) is 0 Å². The minimum Gasteiger partial charge on any atom is -0.392 e. The lowest BCUT2D eigenvalue weighted by Gasteiger charge is -2.41. The largest absolute Gasteiger partial charge is 0.392 e. The van der Waals surface area contributed by atoms with Gasteiger partial charge in [0, 0.05) is 12.5 Å². The average Bonchev–Trinajstić information content (AvgIpc) is 2.42. The number of rotatable bonds is 4. The van der Waals surface area contributed by atoms with Crippen molar-refractivity contribution < 1.29 is 5.11 Å². The zero-order valence-corrected chi connectivity index (χ0v) is 12.2. The molecular formula is C17H27NO. The molecule has 2 nitrogen and oxygen atoms in total. The van der Waals surface area contributed by atoms with Crippen LogP contribution in [0, 0.1) is 12.3 Å². The van der Waals surface area contributed by atoms with Gasteiger partial charge in [0.2, 0.25) is 0 Å². The SMILES string of the molecule is Cc1ccccc1C(CN)C(O)C1(C)CCCCC1. The third-order valence-corrected chi connectivity index (χ3v) is 4.93. The van der Waals surface area contributed by atoms with Crippen LogP contribution in [0.25, 0.3) is 0 Å². The van der Waals surface area contributed by atoms with Gasteiger partial charge in [-0.2, -0.15) is 0 Å². The van der Waals surface area contributed by atoms with Gasteiger partial charge in [0.15, 0.2) is 0 Å². The third kappa shape index (κ3) is 3.01. The summed E-state index contributed by atoms with van der Waals surface area (Å²) in [6.45, 7) is 4.85. The Morgan fingerprint density at radius 3 is 2.42 bits per heavy atom. The molecule has 0 aliphatic heterocycles. The molecule has 0 radical (unpaired) electrons. The van der Waals surface area contributed by atoms with Crippen LogP contribution in [0.2, 0.25) is 0 Å². The molecule has 106 valence electrons. The molecule has 0 heterocycles. The minimum absolute atomic E-state index is 0.0323. The molecule has 2 rings (SSSR count). The van der Waals surface area contributed by atoms with Crippen molar-refractivity contribution in [3.8, 4) is 0 Å². The molecular weight excluding hydrogens is 234 g/mol. The van der Waals surface area contributed by atoms with Gasteiger partial charge in [-0.25, -0.2) is 0 Å². The second kappa shape index (κ2) is 6.06. The van der Waals surface area contributed by atoms with Crippen LogP contribution in [0.5, 0.6) is 0 Å². The Morgan fingerprint density at radius 1 is 1.21 bits per heavy atom. The van der Waals surface area contributed by atoms with Crippen LogP contribution < -0.4 is 5.73 Å². The van der Waals surface area contributed by atoms with Crippen molar-refractivity contribution >= 4 is 0 Å². The van der Waals surface area contributed by atoms with E-state index in [-0.39, 0.29) is 17.4 Å². The van der Waals surface area contributed by atoms with Crippen molar-refractivity contribution in [2.45, 2.75) is 58.0 Å². The third-order valence-electron chi connectivity index (χ3n) is 4.93. The van der Waals surface area contributed by atoms with Gasteiger partial charge in [0.25, 0.3) is 0 Å². The molecule has 0 saturated heterocycles. The van der Waals surface area contributed by atoms with Gasteiger partial charge in [-0.15, -0.1) is 0 Å². The van der Waals surface area contributed by atoms with Crippen LogP contribution in [0.1, 0.15) is 56.1 Å². The quantitative estimate of drug-likeness (QED) is 0.873. The molecule has 1 aromatic carbocycles. The minimum atomic E-state index is -0.334. The van der Waals surface area contributed by atoms with Crippen molar-refractivity contribution in [2.75, 3.05) is 6.54 Å². The van der Waals surface area contributed by atoms with E-state index in [1.807, 2.05) is 12.1 Å². The van der Waals surface area contributed by atoms with E-state index in [9.17, 15) is 5.11 Å². The van der Waals surface area contributed by atoms with Crippen LogP contribution in [0.15, 0.2) is 24.3 Å².